The van der Waals surface area contributed by atoms with E-state index in [1.165, 1.54) is 12.8 Å². The zero-order valence-electron chi connectivity index (χ0n) is 11.5. The van der Waals surface area contributed by atoms with Crippen LogP contribution in [0.2, 0.25) is 0 Å². The van der Waals surface area contributed by atoms with Crippen molar-refractivity contribution in [1.29, 1.82) is 0 Å². The Bertz CT molecular complexity index is 514. The number of para-hydroxylation sites is 1. The molecule has 1 aromatic carbocycles. The summed E-state index contributed by atoms with van der Waals surface area (Å²) in [6.07, 6.45) is 4.99. The number of carbonyl (C=O) groups is 1. The summed E-state index contributed by atoms with van der Waals surface area (Å²) in [6.45, 7) is 0. The molecule has 0 bridgehead atoms. The van der Waals surface area contributed by atoms with E-state index in [2.05, 4.69) is 22.2 Å². The molecule has 0 amide bonds. The summed E-state index contributed by atoms with van der Waals surface area (Å²) < 4.78 is 0. The molecule has 0 N–H and O–H groups in total. The van der Waals surface area contributed by atoms with E-state index in [0.717, 1.165) is 24.2 Å². The molecule has 3 rings (SSSR count). The van der Waals surface area contributed by atoms with Crippen LogP contribution in [0.15, 0.2) is 35.4 Å². The number of ketones is 1. The van der Waals surface area contributed by atoms with Crippen LogP contribution in [0.25, 0.3) is 0 Å². The standard InChI is InChI=1S/C16H19ClN2O/c17-11-10-15(20)16-13-8-4-5-9-14(13)19(18-16)12-6-2-1-3-7-12/h1-3,6-7,13-14H,4-5,8-11H2. The Morgan fingerprint density at radius 2 is 2.00 bits per heavy atom. The lowest BCUT2D eigenvalue weighted by Gasteiger charge is -2.31. The maximum absolute atomic E-state index is 12.2. The van der Waals surface area contributed by atoms with Gasteiger partial charge in [0, 0.05) is 18.2 Å². The Labute approximate surface area is 124 Å². The summed E-state index contributed by atoms with van der Waals surface area (Å²) >= 11 is 5.71. The molecule has 0 spiro atoms. The van der Waals surface area contributed by atoms with Gasteiger partial charge in [-0.15, -0.1) is 11.6 Å². The fourth-order valence-corrected chi connectivity index (χ4v) is 3.47. The second-order valence-electron chi connectivity index (χ2n) is 5.49. The van der Waals surface area contributed by atoms with Gasteiger partial charge in [-0.2, -0.15) is 5.10 Å². The number of rotatable bonds is 4. The number of carbonyl (C=O) groups excluding carboxylic acids is 1. The van der Waals surface area contributed by atoms with Gasteiger partial charge >= 0.3 is 0 Å². The van der Waals surface area contributed by atoms with Gasteiger partial charge in [-0.05, 0) is 25.0 Å². The van der Waals surface area contributed by atoms with Gasteiger partial charge in [-0.1, -0.05) is 31.0 Å². The highest BCUT2D eigenvalue weighted by Crippen LogP contribution is 2.37. The van der Waals surface area contributed by atoms with Crippen molar-refractivity contribution in [3.05, 3.63) is 30.3 Å². The average Bonchev–Trinajstić information content (AvgIpc) is 2.88. The zero-order chi connectivity index (χ0) is 13.9. The zero-order valence-corrected chi connectivity index (χ0v) is 12.2. The number of anilines is 1. The molecule has 4 heteroatoms. The fourth-order valence-electron chi connectivity index (χ4n) is 3.29. The second kappa shape index (κ2) is 5.96. The average molecular weight is 291 g/mol. The first-order valence-electron chi connectivity index (χ1n) is 7.33. The van der Waals surface area contributed by atoms with E-state index in [1.54, 1.807) is 0 Å². The molecule has 0 saturated heterocycles. The van der Waals surface area contributed by atoms with Gasteiger partial charge < -0.3 is 0 Å². The molecule has 2 unspecified atom stereocenters. The Hall–Kier alpha value is -1.35. The molecule has 1 aliphatic carbocycles. The minimum absolute atomic E-state index is 0.121. The van der Waals surface area contributed by atoms with E-state index in [4.69, 9.17) is 11.6 Å². The van der Waals surface area contributed by atoms with Crippen molar-refractivity contribution >= 4 is 28.8 Å². The Kier molecular flexibility index (Phi) is 4.06. The number of hydrogen-bond acceptors (Lipinski definition) is 3. The third-order valence-electron chi connectivity index (χ3n) is 4.24. The summed E-state index contributed by atoms with van der Waals surface area (Å²) in [6, 6.07) is 10.5. The Balaban J connectivity index is 1.91. The van der Waals surface area contributed by atoms with Gasteiger partial charge in [0.25, 0.3) is 0 Å². The first-order chi connectivity index (χ1) is 9.81. The third kappa shape index (κ3) is 2.47. The smallest absolute Gasteiger partial charge is 0.180 e. The van der Waals surface area contributed by atoms with Crippen LogP contribution in [0.4, 0.5) is 5.69 Å². The van der Waals surface area contributed by atoms with Crippen LogP contribution in [-0.4, -0.2) is 23.4 Å². The monoisotopic (exact) mass is 290 g/mol. The van der Waals surface area contributed by atoms with E-state index in [1.807, 2.05) is 18.2 Å². The molecular weight excluding hydrogens is 272 g/mol. The molecule has 106 valence electrons. The first-order valence-corrected chi connectivity index (χ1v) is 7.86. The van der Waals surface area contributed by atoms with Crippen LogP contribution >= 0.6 is 11.6 Å². The number of nitrogens with zero attached hydrogens (tertiary/aromatic N) is 2. The molecule has 20 heavy (non-hydrogen) atoms. The maximum Gasteiger partial charge on any atom is 0.180 e. The highest BCUT2D eigenvalue weighted by atomic mass is 35.5. The van der Waals surface area contributed by atoms with E-state index < -0.39 is 0 Å². The van der Waals surface area contributed by atoms with Crippen LogP contribution in [0, 0.1) is 5.92 Å². The van der Waals surface area contributed by atoms with Crippen molar-refractivity contribution in [2.24, 2.45) is 11.0 Å². The fraction of sp³-hybridized carbons (Fsp3) is 0.500. The van der Waals surface area contributed by atoms with Crippen LogP contribution in [0.5, 0.6) is 0 Å². The number of hydrazone groups is 1. The van der Waals surface area contributed by atoms with Crippen LogP contribution in [0.1, 0.15) is 32.1 Å². The van der Waals surface area contributed by atoms with Gasteiger partial charge in [-0.25, -0.2) is 0 Å². The summed E-state index contributed by atoms with van der Waals surface area (Å²) in [5.41, 5.74) is 1.83. The van der Waals surface area contributed by atoms with Crippen LogP contribution in [-0.2, 0) is 4.79 Å². The largest absolute Gasteiger partial charge is 0.293 e. The molecule has 1 saturated carbocycles. The van der Waals surface area contributed by atoms with Gasteiger partial charge in [0.2, 0.25) is 0 Å². The Morgan fingerprint density at radius 1 is 1.25 bits per heavy atom. The van der Waals surface area contributed by atoms with E-state index in [-0.39, 0.29) is 5.78 Å². The molecule has 1 aromatic rings. The molecule has 2 atom stereocenters. The quantitative estimate of drug-likeness (QED) is 0.794. The van der Waals surface area contributed by atoms with Crippen LogP contribution < -0.4 is 5.01 Å². The number of alkyl halides is 1. The predicted molar refractivity (Wildman–Crippen MR) is 82.4 cm³/mol. The molecule has 1 heterocycles. The van der Waals surface area contributed by atoms with Gasteiger partial charge in [0.1, 0.15) is 5.71 Å². The van der Waals surface area contributed by atoms with Crippen molar-refractivity contribution in [1.82, 2.24) is 0 Å². The minimum atomic E-state index is 0.121. The molecule has 2 aliphatic rings. The number of fused-ring (bicyclic) bond motifs is 1. The second-order valence-corrected chi connectivity index (χ2v) is 5.86. The minimum Gasteiger partial charge on any atom is -0.293 e. The lowest BCUT2D eigenvalue weighted by atomic mass is 9.80. The van der Waals surface area contributed by atoms with Crippen molar-refractivity contribution in [3.8, 4) is 0 Å². The predicted octanol–water partition coefficient (Wildman–Crippen LogP) is 3.62. The lowest BCUT2D eigenvalue weighted by Crippen LogP contribution is -2.37. The first kappa shape index (κ1) is 13.6. The maximum atomic E-state index is 12.2. The van der Waals surface area contributed by atoms with Crippen LogP contribution in [0.3, 0.4) is 0 Å². The number of Topliss-reactive ketones (excluding diaryl/α,β-unsaturated/α-hetero) is 1. The summed E-state index contributed by atoms with van der Waals surface area (Å²) in [5.74, 6) is 0.788. The molecule has 1 fully saturated rings. The molecule has 3 nitrogen and oxygen atoms in total. The Morgan fingerprint density at radius 3 is 2.75 bits per heavy atom. The highest BCUT2D eigenvalue weighted by molar-refractivity contribution is 6.42. The van der Waals surface area contributed by atoms with Crippen molar-refractivity contribution in [2.75, 3.05) is 10.9 Å². The van der Waals surface area contributed by atoms with Crippen molar-refractivity contribution < 1.29 is 4.79 Å². The van der Waals surface area contributed by atoms with E-state index in [0.29, 0.717) is 24.3 Å². The van der Waals surface area contributed by atoms with Gasteiger partial charge in [0.15, 0.2) is 5.78 Å². The van der Waals surface area contributed by atoms with Gasteiger partial charge in [0.05, 0.1) is 11.7 Å². The van der Waals surface area contributed by atoms with Crippen molar-refractivity contribution in [2.45, 2.75) is 38.1 Å². The molecular formula is C16H19ClN2O. The number of halogens is 1. The summed E-state index contributed by atoms with van der Waals surface area (Å²) in [7, 11) is 0. The summed E-state index contributed by atoms with van der Waals surface area (Å²) in [5, 5.41) is 6.72. The topological polar surface area (TPSA) is 32.7 Å². The van der Waals surface area contributed by atoms with E-state index in [9.17, 15) is 4.79 Å². The summed E-state index contributed by atoms with van der Waals surface area (Å²) in [4.78, 5) is 12.2. The third-order valence-corrected chi connectivity index (χ3v) is 4.43. The highest BCUT2D eigenvalue weighted by Gasteiger charge is 2.41. The molecule has 0 aromatic heterocycles. The van der Waals surface area contributed by atoms with Gasteiger partial charge in [-0.3, -0.25) is 9.80 Å². The molecule has 0 radical (unpaired) electrons. The lowest BCUT2D eigenvalue weighted by molar-refractivity contribution is -0.112. The number of hydrogen-bond donors (Lipinski definition) is 0. The van der Waals surface area contributed by atoms with Crippen molar-refractivity contribution in [3.63, 3.8) is 0 Å². The SMILES string of the molecule is O=C(CCCl)C1=NN(c2ccccc2)C2CCCCC12. The van der Waals surface area contributed by atoms with E-state index >= 15 is 0 Å². The number of benzene rings is 1. The normalized spacial score (nSPS) is 25.2. The molecule has 1 aliphatic heterocycles.